The van der Waals surface area contributed by atoms with Crippen molar-refractivity contribution in [3.8, 4) is 5.75 Å². The number of carbonyl (C=O) groups is 2. The van der Waals surface area contributed by atoms with Crippen LogP contribution < -0.4 is 15.4 Å². The number of nitrogens with one attached hydrogen (secondary N) is 2. The smallest absolute Gasteiger partial charge is 0.251 e. The van der Waals surface area contributed by atoms with Gasteiger partial charge in [-0.15, -0.1) is 10.2 Å². The fraction of sp³-hybridized carbons (Fsp3) is 0.304. The Balaban J connectivity index is 1.65. The first kappa shape index (κ1) is 24.8. The first-order chi connectivity index (χ1) is 15.8. The second-order valence-corrected chi connectivity index (χ2v) is 9.53. The minimum atomic E-state index is -0.344. The molecule has 0 aliphatic heterocycles. The summed E-state index contributed by atoms with van der Waals surface area (Å²) in [5, 5.41) is 15.0. The Labute approximate surface area is 205 Å². The molecule has 2 N–H and O–H groups in total. The predicted molar refractivity (Wildman–Crippen MR) is 133 cm³/mol. The van der Waals surface area contributed by atoms with E-state index in [1.807, 2.05) is 49.7 Å². The SMILES string of the molecule is COc1ccc(C(=O)NC(c2nnc(SCC(=O)Nc3ccc(Br)cc3)n2C)C(C)C)cc1. The van der Waals surface area contributed by atoms with Gasteiger partial charge in [0.15, 0.2) is 11.0 Å². The zero-order valence-corrected chi connectivity index (χ0v) is 21.2. The second-order valence-electron chi connectivity index (χ2n) is 7.67. The van der Waals surface area contributed by atoms with Crippen LogP contribution in [0.2, 0.25) is 0 Å². The van der Waals surface area contributed by atoms with Gasteiger partial charge in [0.05, 0.1) is 18.9 Å². The molecule has 3 rings (SSSR count). The maximum Gasteiger partial charge on any atom is 0.251 e. The fourth-order valence-corrected chi connectivity index (χ4v) is 4.06. The number of ether oxygens (including phenoxy) is 1. The van der Waals surface area contributed by atoms with Crippen molar-refractivity contribution in [2.45, 2.75) is 25.0 Å². The molecule has 174 valence electrons. The van der Waals surface area contributed by atoms with Gasteiger partial charge in [0.25, 0.3) is 5.91 Å². The minimum absolute atomic E-state index is 0.0775. The Morgan fingerprint density at radius 2 is 1.76 bits per heavy atom. The van der Waals surface area contributed by atoms with E-state index in [1.54, 1.807) is 31.4 Å². The third-order valence-electron chi connectivity index (χ3n) is 4.91. The van der Waals surface area contributed by atoms with Crippen molar-refractivity contribution in [2.24, 2.45) is 13.0 Å². The van der Waals surface area contributed by atoms with Gasteiger partial charge in [0.1, 0.15) is 5.75 Å². The van der Waals surface area contributed by atoms with Crippen molar-refractivity contribution in [3.05, 3.63) is 64.4 Å². The number of anilines is 1. The molecule has 2 amide bonds. The van der Waals surface area contributed by atoms with E-state index in [9.17, 15) is 9.59 Å². The summed E-state index contributed by atoms with van der Waals surface area (Å²) >= 11 is 4.66. The zero-order valence-electron chi connectivity index (χ0n) is 18.8. The molecular weight excluding hydrogens is 506 g/mol. The van der Waals surface area contributed by atoms with Gasteiger partial charge in [-0.05, 0) is 54.4 Å². The number of methoxy groups -OCH3 is 1. The Hall–Kier alpha value is -2.85. The minimum Gasteiger partial charge on any atom is -0.497 e. The Bertz CT molecular complexity index is 1100. The van der Waals surface area contributed by atoms with E-state index in [2.05, 4.69) is 36.8 Å². The number of rotatable bonds is 9. The summed E-state index contributed by atoms with van der Waals surface area (Å²) in [4.78, 5) is 25.1. The lowest BCUT2D eigenvalue weighted by Crippen LogP contribution is -2.33. The van der Waals surface area contributed by atoms with Gasteiger partial charge >= 0.3 is 0 Å². The topological polar surface area (TPSA) is 98.1 Å². The molecule has 1 unspecified atom stereocenters. The molecule has 33 heavy (non-hydrogen) atoms. The van der Waals surface area contributed by atoms with E-state index in [1.165, 1.54) is 11.8 Å². The van der Waals surface area contributed by atoms with E-state index in [0.717, 1.165) is 10.2 Å². The van der Waals surface area contributed by atoms with Gasteiger partial charge in [0, 0.05) is 22.8 Å². The van der Waals surface area contributed by atoms with Crippen LogP contribution in [0.4, 0.5) is 5.69 Å². The lowest BCUT2D eigenvalue weighted by molar-refractivity contribution is -0.113. The number of carbonyl (C=O) groups excluding carboxylic acids is 2. The zero-order chi connectivity index (χ0) is 24.0. The van der Waals surface area contributed by atoms with Crippen molar-refractivity contribution in [1.82, 2.24) is 20.1 Å². The monoisotopic (exact) mass is 531 g/mol. The number of nitrogens with zero attached hydrogens (tertiary/aromatic N) is 3. The third-order valence-corrected chi connectivity index (χ3v) is 6.46. The number of hydrogen-bond acceptors (Lipinski definition) is 6. The van der Waals surface area contributed by atoms with Crippen molar-refractivity contribution in [2.75, 3.05) is 18.2 Å². The van der Waals surface area contributed by atoms with Gasteiger partial charge in [0.2, 0.25) is 5.91 Å². The molecule has 1 atom stereocenters. The van der Waals surface area contributed by atoms with Crippen LogP contribution >= 0.6 is 27.7 Å². The highest BCUT2D eigenvalue weighted by atomic mass is 79.9. The number of amides is 2. The summed E-state index contributed by atoms with van der Waals surface area (Å²) in [6.45, 7) is 4.01. The molecule has 0 aliphatic carbocycles. The average Bonchev–Trinajstić information content (AvgIpc) is 3.17. The molecule has 0 radical (unpaired) electrons. The lowest BCUT2D eigenvalue weighted by atomic mass is 10.0. The van der Waals surface area contributed by atoms with Crippen LogP contribution in [0.3, 0.4) is 0 Å². The number of benzene rings is 2. The number of halogens is 1. The molecule has 0 saturated carbocycles. The molecule has 2 aromatic carbocycles. The predicted octanol–water partition coefficient (Wildman–Crippen LogP) is 4.44. The summed E-state index contributed by atoms with van der Waals surface area (Å²) in [5.74, 6) is 1.23. The van der Waals surface area contributed by atoms with Crippen LogP contribution in [0, 0.1) is 5.92 Å². The molecule has 0 spiro atoms. The van der Waals surface area contributed by atoms with Crippen LogP contribution in [0.25, 0.3) is 0 Å². The molecule has 1 heterocycles. The summed E-state index contributed by atoms with van der Waals surface area (Å²) in [6, 6.07) is 14.0. The first-order valence-corrected chi connectivity index (χ1v) is 12.1. The van der Waals surface area contributed by atoms with Gasteiger partial charge in [-0.2, -0.15) is 0 Å². The lowest BCUT2D eigenvalue weighted by Gasteiger charge is -2.21. The average molecular weight is 532 g/mol. The van der Waals surface area contributed by atoms with Gasteiger partial charge < -0.3 is 19.9 Å². The van der Waals surface area contributed by atoms with E-state index >= 15 is 0 Å². The molecule has 0 aliphatic rings. The number of thioether (sulfide) groups is 1. The Morgan fingerprint density at radius 1 is 1.09 bits per heavy atom. The normalized spacial score (nSPS) is 11.8. The quantitative estimate of drug-likeness (QED) is 0.396. The van der Waals surface area contributed by atoms with Crippen LogP contribution in [0.15, 0.2) is 58.2 Å². The maximum absolute atomic E-state index is 12.8. The number of aromatic nitrogens is 3. The molecule has 10 heteroatoms. The molecule has 0 fully saturated rings. The Morgan fingerprint density at radius 3 is 2.36 bits per heavy atom. The van der Waals surface area contributed by atoms with Crippen molar-refractivity contribution in [1.29, 1.82) is 0 Å². The summed E-state index contributed by atoms with van der Waals surface area (Å²) in [6.07, 6.45) is 0. The fourth-order valence-electron chi connectivity index (χ4n) is 3.08. The standard InChI is InChI=1S/C23H26BrN5O3S/c1-14(2)20(26-22(31)15-5-11-18(32-4)12-6-15)21-27-28-23(29(21)3)33-13-19(30)25-17-9-7-16(24)8-10-17/h5-12,14,20H,13H2,1-4H3,(H,25,30)(H,26,31). The van der Waals surface area contributed by atoms with Crippen molar-refractivity contribution >= 4 is 45.2 Å². The second kappa shape index (κ2) is 11.3. The van der Waals surface area contributed by atoms with E-state index < -0.39 is 0 Å². The van der Waals surface area contributed by atoms with E-state index in [4.69, 9.17) is 4.74 Å². The summed E-state index contributed by atoms with van der Waals surface area (Å²) in [5.41, 5.74) is 1.26. The van der Waals surface area contributed by atoms with Crippen LogP contribution in [-0.4, -0.2) is 39.4 Å². The van der Waals surface area contributed by atoms with Crippen LogP contribution in [0.1, 0.15) is 36.1 Å². The van der Waals surface area contributed by atoms with Gasteiger partial charge in [-0.1, -0.05) is 41.5 Å². The highest BCUT2D eigenvalue weighted by Crippen LogP contribution is 2.25. The van der Waals surface area contributed by atoms with E-state index in [0.29, 0.717) is 22.3 Å². The molecule has 0 saturated heterocycles. The third kappa shape index (κ3) is 6.58. The highest BCUT2D eigenvalue weighted by molar-refractivity contribution is 9.10. The molecule has 0 bridgehead atoms. The number of hydrogen-bond donors (Lipinski definition) is 2. The van der Waals surface area contributed by atoms with Crippen LogP contribution in [-0.2, 0) is 11.8 Å². The van der Waals surface area contributed by atoms with Gasteiger partial charge in [-0.3, -0.25) is 9.59 Å². The maximum atomic E-state index is 12.8. The Kier molecular flexibility index (Phi) is 8.51. The van der Waals surface area contributed by atoms with E-state index in [-0.39, 0.29) is 29.5 Å². The molecular formula is C23H26BrN5O3S. The summed E-state index contributed by atoms with van der Waals surface area (Å²) < 4.78 is 7.91. The highest BCUT2D eigenvalue weighted by Gasteiger charge is 2.25. The largest absolute Gasteiger partial charge is 0.497 e. The first-order valence-electron chi connectivity index (χ1n) is 10.3. The van der Waals surface area contributed by atoms with Gasteiger partial charge in [-0.25, -0.2) is 0 Å². The summed E-state index contributed by atoms with van der Waals surface area (Å²) in [7, 11) is 3.41. The molecule has 1 aromatic heterocycles. The van der Waals surface area contributed by atoms with Crippen LogP contribution in [0.5, 0.6) is 5.75 Å². The molecule has 8 nitrogen and oxygen atoms in total. The molecule has 3 aromatic rings. The van der Waals surface area contributed by atoms with Crippen molar-refractivity contribution in [3.63, 3.8) is 0 Å². The van der Waals surface area contributed by atoms with Crippen molar-refractivity contribution < 1.29 is 14.3 Å².